The van der Waals surface area contributed by atoms with Gasteiger partial charge in [0.05, 0.1) is 5.52 Å². The number of rotatable bonds is 1. The van der Waals surface area contributed by atoms with Crippen LogP contribution in [-0.2, 0) is 9.84 Å². The molecule has 0 aliphatic carbocycles. The van der Waals surface area contributed by atoms with Gasteiger partial charge in [-0.2, -0.15) is 0 Å². The fraction of sp³-hybridized carbons (Fsp3) is 0.143. The van der Waals surface area contributed by atoms with Gasteiger partial charge in [-0.25, -0.2) is 13.4 Å². The van der Waals surface area contributed by atoms with E-state index in [4.69, 9.17) is 0 Å². The second kappa shape index (κ2) is 2.89. The highest BCUT2D eigenvalue weighted by Gasteiger charge is 2.12. The topological polar surface area (TPSA) is 79.9 Å². The number of nitrogens with one attached hydrogen (secondary N) is 1. The molecular weight excluding hydrogens is 224 g/mol. The van der Waals surface area contributed by atoms with Crippen LogP contribution in [0.4, 0.5) is 0 Å². The lowest BCUT2D eigenvalue weighted by atomic mass is 10.5. The zero-order valence-electron chi connectivity index (χ0n) is 7.14. The summed E-state index contributed by atoms with van der Waals surface area (Å²) in [6.07, 6.45) is 1.00. The summed E-state index contributed by atoms with van der Waals surface area (Å²) < 4.78 is 22.7. The Morgan fingerprint density at radius 1 is 1.50 bits per heavy atom. The van der Waals surface area contributed by atoms with E-state index in [1.807, 2.05) is 0 Å². The van der Waals surface area contributed by atoms with Crippen molar-refractivity contribution in [2.75, 3.05) is 6.26 Å². The highest BCUT2D eigenvalue weighted by molar-refractivity contribution is 7.90. The summed E-state index contributed by atoms with van der Waals surface area (Å²) in [5.41, 5.74) is 0.00426. The fourth-order valence-electron chi connectivity index (χ4n) is 1.03. The van der Waals surface area contributed by atoms with Gasteiger partial charge in [0.2, 0.25) is 15.0 Å². The lowest BCUT2D eigenvalue weighted by molar-refractivity contribution is 0.593. The van der Waals surface area contributed by atoms with Crippen molar-refractivity contribution in [2.24, 2.45) is 0 Å². The average molecular weight is 230 g/mol. The van der Waals surface area contributed by atoms with Crippen LogP contribution >= 0.6 is 11.3 Å². The molecule has 2 aromatic heterocycles. The Morgan fingerprint density at radius 3 is 2.86 bits per heavy atom. The maximum atomic E-state index is 11.4. The predicted octanol–water partition coefficient (Wildman–Crippen LogP) is 0.388. The van der Waals surface area contributed by atoms with Gasteiger partial charge in [0.15, 0.2) is 0 Å². The molecular formula is C7H6N2O3S2. The van der Waals surface area contributed by atoms with E-state index in [2.05, 4.69) is 9.97 Å². The minimum Gasteiger partial charge on any atom is -0.296 e. The molecule has 74 valence electrons. The SMILES string of the molecule is CS(=O)(=O)c1nc2ccsc2c(=O)[nH]1. The van der Waals surface area contributed by atoms with Gasteiger partial charge in [-0.05, 0) is 11.4 Å². The summed E-state index contributed by atoms with van der Waals surface area (Å²) in [5.74, 6) is 0. The van der Waals surface area contributed by atoms with Gasteiger partial charge in [-0.15, -0.1) is 11.3 Å². The Bertz CT molecular complexity index is 638. The molecule has 2 heterocycles. The quantitative estimate of drug-likeness (QED) is 0.718. The Balaban J connectivity index is 2.91. The summed E-state index contributed by atoms with van der Waals surface area (Å²) >= 11 is 1.23. The minimum absolute atomic E-state index is 0.284. The van der Waals surface area contributed by atoms with Crippen LogP contribution in [0.2, 0.25) is 0 Å². The number of aromatic nitrogens is 2. The van der Waals surface area contributed by atoms with E-state index in [-0.39, 0.29) is 5.16 Å². The van der Waals surface area contributed by atoms with Crippen molar-refractivity contribution < 1.29 is 8.42 Å². The number of hydrogen-bond donors (Lipinski definition) is 1. The smallest absolute Gasteiger partial charge is 0.269 e. The maximum Gasteiger partial charge on any atom is 0.269 e. The molecule has 0 spiro atoms. The number of aromatic amines is 1. The maximum absolute atomic E-state index is 11.4. The second-order valence-corrected chi connectivity index (χ2v) is 5.63. The van der Waals surface area contributed by atoms with Crippen molar-refractivity contribution in [1.29, 1.82) is 0 Å². The van der Waals surface area contributed by atoms with Crippen LogP contribution in [-0.4, -0.2) is 24.6 Å². The number of fused-ring (bicyclic) bond motifs is 1. The van der Waals surface area contributed by atoms with Crippen LogP contribution in [0.15, 0.2) is 21.4 Å². The monoisotopic (exact) mass is 230 g/mol. The summed E-state index contributed by atoms with van der Waals surface area (Å²) in [5, 5.41) is 1.41. The molecule has 2 aromatic rings. The highest BCUT2D eigenvalue weighted by Crippen LogP contribution is 2.14. The van der Waals surface area contributed by atoms with E-state index in [9.17, 15) is 13.2 Å². The standard InChI is InChI=1S/C7H6N2O3S2/c1-14(11,12)7-8-4-2-3-13-5(4)6(10)9-7/h2-3H,1H3,(H,8,9,10). The molecule has 0 radical (unpaired) electrons. The Hall–Kier alpha value is -1.21. The van der Waals surface area contributed by atoms with Crippen molar-refractivity contribution in [3.05, 3.63) is 21.8 Å². The molecule has 0 aliphatic rings. The molecule has 0 aromatic carbocycles. The predicted molar refractivity (Wildman–Crippen MR) is 53.4 cm³/mol. The van der Waals surface area contributed by atoms with Gasteiger partial charge in [0.25, 0.3) is 5.56 Å². The number of hydrogen-bond acceptors (Lipinski definition) is 5. The lowest BCUT2D eigenvalue weighted by Crippen LogP contribution is -2.13. The van der Waals surface area contributed by atoms with E-state index in [0.29, 0.717) is 10.2 Å². The molecule has 0 amide bonds. The summed E-state index contributed by atoms with van der Waals surface area (Å²) in [4.78, 5) is 17.4. The molecule has 5 nitrogen and oxygen atoms in total. The molecule has 2 rings (SSSR count). The highest BCUT2D eigenvalue weighted by atomic mass is 32.2. The van der Waals surface area contributed by atoms with Gasteiger partial charge < -0.3 is 0 Å². The van der Waals surface area contributed by atoms with Crippen LogP contribution < -0.4 is 5.56 Å². The lowest BCUT2D eigenvalue weighted by Gasteiger charge is -1.96. The molecule has 0 aliphatic heterocycles. The van der Waals surface area contributed by atoms with Crippen molar-refractivity contribution in [3.8, 4) is 0 Å². The van der Waals surface area contributed by atoms with Gasteiger partial charge in [-0.1, -0.05) is 0 Å². The number of sulfone groups is 1. The first kappa shape index (κ1) is 9.35. The van der Waals surface area contributed by atoms with E-state index < -0.39 is 15.4 Å². The number of thiophene rings is 1. The van der Waals surface area contributed by atoms with Gasteiger partial charge in [0, 0.05) is 6.26 Å². The van der Waals surface area contributed by atoms with Crippen LogP contribution in [0.1, 0.15) is 0 Å². The van der Waals surface area contributed by atoms with Crippen LogP contribution in [0.5, 0.6) is 0 Å². The summed E-state index contributed by atoms with van der Waals surface area (Å²) in [7, 11) is -3.46. The summed E-state index contributed by atoms with van der Waals surface area (Å²) in [6.45, 7) is 0. The van der Waals surface area contributed by atoms with E-state index in [0.717, 1.165) is 6.26 Å². The Morgan fingerprint density at radius 2 is 2.21 bits per heavy atom. The first-order valence-electron chi connectivity index (χ1n) is 3.66. The minimum atomic E-state index is -3.46. The molecule has 14 heavy (non-hydrogen) atoms. The third-order valence-corrected chi connectivity index (χ3v) is 3.44. The molecule has 0 saturated heterocycles. The first-order valence-corrected chi connectivity index (χ1v) is 6.43. The van der Waals surface area contributed by atoms with Gasteiger partial charge in [-0.3, -0.25) is 9.78 Å². The molecule has 0 saturated carbocycles. The van der Waals surface area contributed by atoms with Gasteiger partial charge in [0.1, 0.15) is 4.70 Å². The first-order chi connectivity index (χ1) is 6.48. The summed E-state index contributed by atoms with van der Waals surface area (Å²) in [6, 6.07) is 1.62. The van der Waals surface area contributed by atoms with Crippen LogP contribution in [0, 0.1) is 0 Å². The molecule has 0 unspecified atom stereocenters. The average Bonchev–Trinajstić information content (AvgIpc) is 2.50. The molecule has 1 N–H and O–H groups in total. The molecule has 7 heteroatoms. The fourth-order valence-corrected chi connectivity index (χ4v) is 2.30. The van der Waals surface area contributed by atoms with Crippen LogP contribution in [0.3, 0.4) is 0 Å². The van der Waals surface area contributed by atoms with E-state index >= 15 is 0 Å². The van der Waals surface area contributed by atoms with Crippen molar-refractivity contribution in [3.63, 3.8) is 0 Å². The Kier molecular flexibility index (Phi) is 1.93. The van der Waals surface area contributed by atoms with Gasteiger partial charge >= 0.3 is 0 Å². The Labute approximate surface area is 83.3 Å². The van der Waals surface area contributed by atoms with E-state index in [1.54, 1.807) is 11.4 Å². The number of H-pyrrole nitrogens is 1. The largest absolute Gasteiger partial charge is 0.296 e. The number of nitrogens with zero attached hydrogens (tertiary/aromatic N) is 1. The third-order valence-electron chi connectivity index (χ3n) is 1.64. The molecule has 0 bridgehead atoms. The third kappa shape index (κ3) is 1.44. The normalized spacial score (nSPS) is 12.1. The van der Waals surface area contributed by atoms with Crippen molar-refractivity contribution in [1.82, 2.24) is 9.97 Å². The zero-order valence-corrected chi connectivity index (χ0v) is 8.78. The van der Waals surface area contributed by atoms with Crippen LogP contribution in [0.25, 0.3) is 10.2 Å². The molecule has 0 fully saturated rings. The molecule has 0 atom stereocenters. The zero-order chi connectivity index (χ0) is 10.3. The van der Waals surface area contributed by atoms with Crippen molar-refractivity contribution in [2.45, 2.75) is 5.16 Å². The van der Waals surface area contributed by atoms with E-state index in [1.165, 1.54) is 11.3 Å². The second-order valence-electron chi connectivity index (χ2n) is 2.78. The van der Waals surface area contributed by atoms with Crippen molar-refractivity contribution >= 4 is 31.4 Å².